The number of carbonyl (C=O) groups is 3. The SMILES string of the molecule is CC[C@@H]1OC(=O)C(C)C(=O)[C@H](C)[C@@H](O[C@@H]2O[C@H](C)C[C@H](N(C)C)[C@H]2O)C2(C)C[C@@H](C)C(=NC(C)=O)[C@@H](C)[C@H](OC/C(=N/OCc3ccccn3)CO2)[C@]1(C)O. The van der Waals surface area contributed by atoms with Gasteiger partial charge in [-0.2, -0.15) is 0 Å². The molecular weight excluding hydrogens is 712 g/mol. The molecule has 15 heteroatoms. The summed E-state index contributed by atoms with van der Waals surface area (Å²) in [5.74, 6) is -5.26. The quantitative estimate of drug-likeness (QED) is 0.233. The topological polar surface area (TPSA) is 188 Å². The number of hydrogen-bond acceptors (Lipinski definition) is 14. The number of oxime groups is 1. The number of fused-ring (bicyclic) bond motifs is 5. The molecule has 3 aliphatic heterocycles. The lowest BCUT2D eigenvalue weighted by molar-refractivity contribution is -0.296. The largest absolute Gasteiger partial charge is 0.459 e. The third kappa shape index (κ3) is 10.6. The molecule has 1 aromatic heterocycles. The molecule has 2 N–H and O–H groups in total. The van der Waals surface area contributed by atoms with E-state index < -0.39 is 83.2 Å². The molecular formula is C40H62N4O11. The summed E-state index contributed by atoms with van der Waals surface area (Å²) < 4.78 is 32.3. The lowest BCUT2D eigenvalue weighted by Crippen LogP contribution is -2.60. The van der Waals surface area contributed by atoms with Gasteiger partial charge in [0.05, 0.1) is 42.8 Å². The standard InChI is InChI=1S/C40H62N4O11/c1-12-31-40(9,49)36-24(4)32(42-27(7)45)22(2)18-39(8,51-20-29(19-50-36)43-52-21-28-15-13-14-16-41-28)35(25(5)33(46)26(6)37(48)54-31)55-38-34(47)30(44(10)11)17-23(3)53-38/h13-16,22-26,30-31,34-36,38,47,49H,12,17-21H2,1-11H3/b42-32?,43-29-/t22-,23-,24-,25+,26?,30+,31+,34-,35-,36+,38+,39?,40-/m1/s1. The molecule has 2 bridgehead atoms. The van der Waals surface area contributed by atoms with Crippen LogP contribution in [0.5, 0.6) is 0 Å². The highest BCUT2D eigenvalue weighted by molar-refractivity contribution is 6.00. The Bertz CT molecular complexity index is 1540. The maximum Gasteiger partial charge on any atom is 0.316 e. The molecule has 308 valence electrons. The second-order valence-electron chi connectivity index (χ2n) is 16.1. The molecule has 4 rings (SSSR count). The van der Waals surface area contributed by atoms with Gasteiger partial charge in [-0.25, -0.2) is 4.99 Å². The monoisotopic (exact) mass is 774 g/mol. The Balaban J connectivity index is 1.94. The van der Waals surface area contributed by atoms with Crippen LogP contribution < -0.4 is 0 Å². The second kappa shape index (κ2) is 18.8. The van der Waals surface area contributed by atoms with Crippen molar-refractivity contribution < 1.29 is 53.1 Å². The van der Waals surface area contributed by atoms with Crippen LogP contribution >= 0.6 is 0 Å². The molecule has 13 atom stereocenters. The van der Waals surface area contributed by atoms with Crippen molar-refractivity contribution in [3.8, 4) is 0 Å². The Hall–Kier alpha value is -3.18. The third-order valence-corrected chi connectivity index (χ3v) is 11.3. The van der Waals surface area contributed by atoms with E-state index in [1.54, 1.807) is 46.0 Å². The van der Waals surface area contributed by atoms with Crippen molar-refractivity contribution in [1.29, 1.82) is 0 Å². The number of amides is 1. The summed E-state index contributed by atoms with van der Waals surface area (Å²) in [5, 5.41) is 28.3. The molecule has 0 spiro atoms. The van der Waals surface area contributed by atoms with Crippen molar-refractivity contribution in [1.82, 2.24) is 9.88 Å². The van der Waals surface area contributed by atoms with E-state index in [2.05, 4.69) is 15.1 Å². The number of pyridine rings is 1. The zero-order chi connectivity index (χ0) is 40.8. The number of aromatic nitrogens is 1. The summed E-state index contributed by atoms with van der Waals surface area (Å²) >= 11 is 0. The Morgan fingerprint density at radius 1 is 1.09 bits per heavy atom. The predicted octanol–water partition coefficient (Wildman–Crippen LogP) is 3.52. The van der Waals surface area contributed by atoms with Crippen molar-refractivity contribution in [2.24, 2.45) is 33.8 Å². The van der Waals surface area contributed by atoms with Crippen LogP contribution in [0.2, 0.25) is 0 Å². The highest BCUT2D eigenvalue weighted by atomic mass is 16.7. The molecule has 2 unspecified atom stereocenters. The minimum atomic E-state index is -1.84. The van der Waals surface area contributed by atoms with Crippen molar-refractivity contribution >= 4 is 29.1 Å². The summed E-state index contributed by atoms with van der Waals surface area (Å²) in [4.78, 5) is 57.4. The number of nitrogens with zero attached hydrogens (tertiary/aromatic N) is 4. The van der Waals surface area contributed by atoms with Crippen LogP contribution in [0.4, 0.5) is 0 Å². The molecule has 0 aromatic carbocycles. The fourth-order valence-electron chi connectivity index (χ4n) is 8.28. The van der Waals surface area contributed by atoms with Crippen LogP contribution in [-0.4, -0.2) is 131 Å². The fourth-order valence-corrected chi connectivity index (χ4v) is 8.28. The van der Waals surface area contributed by atoms with E-state index >= 15 is 0 Å². The van der Waals surface area contributed by atoms with Crippen LogP contribution in [0.1, 0.15) is 87.3 Å². The number of ether oxygens (including phenoxy) is 5. The van der Waals surface area contributed by atoms with Gasteiger partial charge in [0.15, 0.2) is 18.7 Å². The summed E-state index contributed by atoms with van der Waals surface area (Å²) in [7, 11) is 3.73. The van der Waals surface area contributed by atoms with E-state index in [0.717, 1.165) is 0 Å². The average molecular weight is 775 g/mol. The van der Waals surface area contributed by atoms with E-state index in [1.807, 2.05) is 38.9 Å². The molecule has 1 amide bonds. The number of Topliss-reactive ketones (excluding diaryl/α,β-unsaturated/α-hetero) is 1. The smallest absolute Gasteiger partial charge is 0.316 e. The molecule has 3 fully saturated rings. The Kier molecular flexibility index (Phi) is 15.3. The lowest BCUT2D eigenvalue weighted by atomic mass is 9.73. The first-order chi connectivity index (χ1) is 25.8. The Morgan fingerprint density at radius 3 is 2.42 bits per heavy atom. The molecule has 4 heterocycles. The molecule has 0 aliphatic carbocycles. The first-order valence-corrected chi connectivity index (χ1v) is 19.3. The third-order valence-electron chi connectivity index (χ3n) is 11.3. The number of hydrogen-bond donors (Lipinski definition) is 2. The van der Waals surface area contributed by atoms with Crippen molar-refractivity contribution in [2.45, 2.75) is 142 Å². The number of carbonyl (C=O) groups excluding carboxylic acids is 3. The van der Waals surface area contributed by atoms with Crippen molar-refractivity contribution in [3.63, 3.8) is 0 Å². The highest BCUT2D eigenvalue weighted by Gasteiger charge is 2.53. The van der Waals surface area contributed by atoms with Gasteiger partial charge in [0.2, 0.25) is 5.91 Å². The summed E-state index contributed by atoms with van der Waals surface area (Å²) in [6.45, 7) is 14.8. The zero-order valence-electron chi connectivity index (χ0n) is 34.3. The predicted molar refractivity (Wildman–Crippen MR) is 203 cm³/mol. The van der Waals surface area contributed by atoms with Crippen molar-refractivity contribution in [3.05, 3.63) is 30.1 Å². The minimum Gasteiger partial charge on any atom is -0.459 e. The van der Waals surface area contributed by atoms with E-state index in [9.17, 15) is 24.6 Å². The van der Waals surface area contributed by atoms with E-state index in [1.165, 1.54) is 20.8 Å². The minimum absolute atomic E-state index is 0.0523. The summed E-state index contributed by atoms with van der Waals surface area (Å²) in [6.07, 6.45) is -3.37. The average Bonchev–Trinajstić information content (AvgIpc) is 3.14. The first-order valence-electron chi connectivity index (χ1n) is 19.3. The molecule has 55 heavy (non-hydrogen) atoms. The second-order valence-corrected chi connectivity index (χ2v) is 16.1. The number of aliphatic imine (C=N–C) groups is 1. The van der Waals surface area contributed by atoms with Gasteiger partial charge in [-0.15, -0.1) is 0 Å². The fraction of sp³-hybridized carbons (Fsp3) is 0.750. The summed E-state index contributed by atoms with van der Waals surface area (Å²) in [5.41, 5.74) is -1.86. The number of likely N-dealkylation sites (N-methyl/N-ethyl adjacent to an activating group) is 1. The first kappa shape index (κ1) is 44.5. The van der Waals surface area contributed by atoms with Gasteiger partial charge < -0.3 is 43.6 Å². The maximum atomic E-state index is 14.4. The maximum absolute atomic E-state index is 14.4. The van der Waals surface area contributed by atoms with Crippen LogP contribution in [0, 0.1) is 23.7 Å². The van der Waals surface area contributed by atoms with Crippen molar-refractivity contribution in [2.75, 3.05) is 27.3 Å². The van der Waals surface area contributed by atoms with Gasteiger partial charge in [0, 0.05) is 36.7 Å². The van der Waals surface area contributed by atoms with E-state index in [4.69, 9.17) is 28.5 Å². The molecule has 1 aromatic rings. The molecule has 3 aliphatic rings. The highest BCUT2D eigenvalue weighted by Crippen LogP contribution is 2.40. The van der Waals surface area contributed by atoms with Crippen LogP contribution in [0.25, 0.3) is 0 Å². The molecule has 0 radical (unpaired) electrons. The van der Waals surface area contributed by atoms with Gasteiger partial charge >= 0.3 is 5.97 Å². The Labute approximate surface area is 325 Å². The lowest BCUT2D eigenvalue weighted by Gasteiger charge is -2.47. The molecule has 15 nitrogen and oxygen atoms in total. The number of ketones is 1. The van der Waals surface area contributed by atoms with Gasteiger partial charge in [-0.05, 0) is 79.1 Å². The molecule has 3 saturated heterocycles. The number of rotatable bonds is 7. The van der Waals surface area contributed by atoms with Gasteiger partial charge in [-0.1, -0.05) is 38.9 Å². The van der Waals surface area contributed by atoms with Crippen LogP contribution in [-0.2, 0) is 49.5 Å². The number of aliphatic hydroxyl groups excluding tert-OH is 1. The van der Waals surface area contributed by atoms with E-state index in [-0.39, 0.29) is 44.8 Å². The number of aliphatic hydroxyl groups is 2. The Morgan fingerprint density at radius 2 is 1.80 bits per heavy atom. The van der Waals surface area contributed by atoms with E-state index in [0.29, 0.717) is 23.5 Å². The normalized spacial score (nSPS) is 39.9. The zero-order valence-corrected chi connectivity index (χ0v) is 34.3. The van der Waals surface area contributed by atoms with Gasteiger partial charge in [-0.3, -0.25) is 19.4 Å². The van der Waals surface area contributed by atoms with Gasteiger partial charge in [0.25, 0.3) is 0 Å². The van der Waals surface area contributed by atoms with Gasteiger partial charge in [0.1, 0.15) is 29.4 Å². The number of esters is 1. The van der Waals surface area contributed by atoms with Crippen LogP contribution in [0.3, 0.4) is 0 Å². The summed E-state index contributed by atoms with van der Waals surface area (Å²) in [6, 6.07) is 5.11. The number of cyclic esters (lactones) is 1. The molecule has 0 saturated carbocycles. The van der Waals surface area contributed by atoms with Crippen LogP contribution in [0.15, 0.2) is 34.5 Å².